The van der Waals surface area contributed by atoms with Gasteiger partial charge in [0.05, 0.1) is 19.4 Å². The van der Waals surface area contributed by atoms with Crippen molar-refractivity contribution in [1.82, 2.24) is 9.55 Å². The van der Waals surface area contributed by atoms with Crippen LogP contribution in [0.4, 0.5) is 10.2 Å². The summed E-state index contributed by atoms with van der Waals surface area (Å²) in [6, 6.07) is 6.47. The normalized spacial score (nSPS) is 19.8. The number of aliphatic hydroxyl groups is 1. The van der Waals surface area contributed by atoms with E-state index in [0.717, 1.165) is 10.8 Å². The van der Waals surface area contributed by atoms with Crippen LogP contribution in [0.25, 0.3) is 0 Å². The maximum atomic E-state index is 14.2. The number of amides is 1. The second kappa shape index (κ2) is 7.40. The second-order valence-electron chi connectivity index (χ2n) is 5.13. The van der Waals surface area contributed by atoms with Crippen LogP contribution in [-0.4, -0.2) is 40.1 Å². The summed E-state index contributed by atoms with van der Waals surface area (Å²) in [5.41, 5.74) is -0.545. The number of halogens is 2. The molecule has 1 fully saturated rings. The van der Waals surface area contributed by atoms with E-state index in [1.54, 1.807) is 18.2 Å². The van der Waals surface area contributed by atoms with Crippen molar-refractivity contribution < 1.29 is 23.8 Å². The van der Waals surface area contributed by atoms with Gasteiger partial charge in [0.1, 0.15) is 0 Å². The predicted molar refractivity (Wildman–Crippen MR) is 87.5 cm³/mol. The highest BCUT2D eigenvalue weighted by atomic mass is 79.9. The van der Waals surface area contributed by atoms with E-state index in [-0.39, 0.29) is 18.8 Å². The molecule has 0 bridgehead atoms. The van der Waals surface area contributed by atoms with Gasteiger partial charge in [-0.3, -0.25) is 9.36 Å². The highest BCUT2D eigenvalue weighted by Gasteiger charge is 2.28. The van der Waals surface area contributed by atoms with Crippen molar-refractivity contribution in [1.29, 1.82) is 0 Å². The molecule has 10 heteroatoms. The lowest BCUT2D eigenvalue weighted by molar-refractivity contribution is -0.0993. The first-order valence-electron chi connectivity index (χ1n) is 7.21. The molecule has 1 aliphatic rings. The minimum Gasteiger partial charge on any atom is -0.391 e. The van der Waals surface area contributed by atoms with Crippen LogP contribution in [-0.2, 0) is 9.47 Å². The molecule has 2 aromatic rings. The molecule has 0 spiro atoms. The Morgan fingerprint density at radius 1 is 1.52 bits per heavy atom. The van der Waals surface area contributed by atoms with Crippen LogP contribution in [0.15, 0.2) is 39.7 Å². The van der Waals surface area contributed by atoms with Gasteiger partial charge in [0, 0.05) is 10.0 Å². The van der Waals surface area contributed by atoms with Gasteiger partial charge in [0.2, 0.25) is 0 Å². The van der Waals surface area contributed by atoms with E-state index in [1.807, 2.05) is 0 Å². The lowest BCUT2D eigenvalue weighted by atomic mass is 10.2. The van der Waals surface area contributed by atoms with E-state index in [1.165, 1.54) is 6.07 Å². The van der Waals surface area contributed by atoms with Crippen molar-refractivity contribution in [2.45, 2.75) is 12.5 Å². The molecule has 0 aliphatic carbocycles. The third-order valence-electron chi connectivity index (χ3n) is 3.42. The third-order valence-corrected chi connectivity index (χ3v) is 3.91. The Labute approximate surface area is 149 Å². The van der Waals surface area contributed by atoms with E-state index in [4.69, 9.17) is 14.6 Å². The summed E-state index contributed by atoms with van der Waals surface area (Å²) in [5, 5.41) is 11.2. The molecular formula is C15H13BrFN3O5. The zero-order valence-corrected chi connectivity index (χ0v) is 14.3. The molecule has 0 saturated carbocycles. The van der Waals surface area contributed by atoms with Gasteiger partial charge in [-0.25, -0.2) is 9.18 Å². The molecule has 0 radical (unpaired) electrons. The number of hydrogen-bond donors (Lipinski definition) is 2. The number of ether oxygens (including phenoxy) is 2. The Kier molecular flexibility index (Phi) is 5.23. The smallest absolute Gasteiger partial charge is 0.351 e. The van der Waals surface area contributed by atoms with Crippen LogP contribution in [0.5, 0.6) is 0 Å². The summed E-state index contributed by atoms with van der Waals surface area (Å²) in [6.07, 6.45) is -0.906. The first-order chi connectivity index (χ1) is 12.0. The van der Waals surface area contributed by atoms with Crippen molar-refractivity contribution >= 4 is 27.7 Å². The second-order valence-corrected chi connectivity index (χ2v) is 6.04. The molecule has 1 aromatic heterocycles. The van der Waals surface area contributed by atoms with E-state index in [2.05, 4.69) is 26.2 Å². The number of hydrogen-bond acceptors (Lipinski definition) is 6. The topological polar surface area (TPSA) is 103 Å². The number of carbonyl (C=O) groups is 1. The molecule has 1 saturated heterocycles. The van der Waals surface area contributed by atoms with Crippen LogP contribution in [0.3, 0.4) is 0 Å². The summed E-state index contributed by atoms with van der Waals surface area (Å²) < 4.78 is 26.1. The number of rotatable bonds is 4. The SMILES string of the molecule is O=C(Nc1nc(=O)n([C@H]2CO[C@@H](CO)O2)cc1F)c1cccc(Br)c1. The zero-order valence-electron chi connectivity index (χ0n) is 12.7. The van der Waals surface area contributed by atoms with Gasteiger partial charge < -0.3 is 19.9 Å². The Balaban J connectivity index is 1.81. The molecule has 132 valence electrons. The van der Waals surface area contributed by atoms with Gasteiger partial charge in [0.25, 0.3) is 5.91 Å². The molecule has 1 aliphatic heterocycles. The van der Waals surface area contributed by atoms with Gasteiger partial charge in [-0.05, 0) is 18.2 Å². The monoisotopic (exact) mass is 413 g/mol. The molecule has 2 heterocycles. The Morgan fingerprint density at radius 2 is 2.32 bits per heavy atom. The van der Waals surface area contributed by atoms with Crippen LogP contribution in [0.2, 0.25) is 0 Å². The van der Waals surface area contributed by atoms with Gasteiger partial charge in [-0.15, -0.1) is 0 Å². The third kappa shape index (κ3) is 3.93. The first-order valence-corrected chi connectivity index (χ1v) is 8.00. The molecule has 8 nitrogen and oxygen atoms in total. The summed E-state index contributed by atoms with van der Waals surface area (Å²) in [4.78, 5) is 27.8. The largest absolute Gasteiger partial charge is 0.391 e. The Morgan fingerprint density at radius 3 is 3.00 bits per heavy atom. The van der Waals surface area contributed by atoms with Gasteiger partial charge >= 0.3 is 5.69 Å². The molecule has 25 heavy (non-hydrogen) atoms. The number of aromatic nitrogens is 2. The summed E-state index contributed by atoms with van der Waals surface area (Å²) >= 11 is 3.23. The number of nitrogens with zero attached hydrogens (tertiary/aromatic N) is 2. The average molecular weight is 414 g/mol. The Bertz CT molecular complexity index is 859. The highest BCUT2D eigenvalue weighted by Crippen LogP contribution is 2.20. The van der Waals surface area contributed by atoms with Crippen LogP contribution < -0.4 is 11.0 Å². The first kappa shape index (κ1) is 17.7. The predicted octanol–water partition coefficient (Wildman–Crippen LogP) is 1.26. The zero-order chi connectivity index (χ0) is 18.0. The minimum absolute atomic E-state index is 0.0317. The van der Waals surface area contributed by atoms with E-state index in [0.29, 0.717) is 4.47 Å². The number of carbonyl (C=O) groups excluding carboxylic acids is 1. The molecule has 1 aromatic carbocycles. The number of nitrogens with one attached hydrogen (secondary N) is 1. The average Bonchev–Trinajstić information content (AvgIpc) is 3.06. The maximum absolute atomic E-state index is 14.2. The summed E-state index contributed by atoms with van der Waals surface area (Å²) in [5.74, 6) is -1.99. The van der Waals surface area contributed by atoms with Crippen molar-refractivity contribution in [2.75, 3.05) is 18.5 Å². The highest BCUT2D eigenvalue weighted by molar-refractivity contribution is 9.10. The maximum Gasteiger partial charge on any atom is 0.351 e. The molecule has 0 unspecified atom stereocenters. The van der Waals surface area contributed by atoms with E-state index in [9.17, 15) is 14.0 Å². The molecule has 2 atom stereocenters. The molecule has 2 N–H and O–H groups in total. The minimum atomic E-state index is -0.904. The fourth-order valence-corrected chi connectivity index (χ4v) is 2.63. The Hall–Kier alpha value is -2.14. The van der Waals surface area contributed by atoms with Crippen molar-refractivity contribution in [2.24, 2.45) is 0 Å². The fraction of sp³-hybridized carbons (Fsp3) is 0.267. The molecule has 1 amide bonds. The standard InChI is InChI=1S/C15H13BrFN3O5/c16-9-3-1-2-8(4-9)14(22)18-13-10(17)5-20(15(23)19-13)11-7-24-12(6-21)25-11/h1-5,11-12,21H,6-7H2,(H,18,19,22,23)/t11-,12-/m1/s1. The van der Waals surface area contributed by atoms with Crippen molar-refractivity contribution in [3.8, 4) is 0 Å². The fourth-order valence-electron chi connectivity index (χ4n) is 2.23. The lowest BCUT2D eigenvalue weighted by Crippen LogP contribution is -2.30. The van der Waals surface area contributed by atoms with Gasteiger partial charge in [-0.1, -0.05) is 22.0 Å². The van der Waals surface area contributed by atoms with Crippen LogP contribution in [0, 0.1) is 5.82 Å². The van der Waals surface area contributed by atoms with Gasteiger partial charge in [-0.2, -0.15) is 4.98 Å². The molecular weight excluding hydrogens is 401 g/mol. The van der Waals surface area contributed by atoms with E-state index < -0.39 is 35.7 Å². The van der Waals surface area contributed by atoms with Crippen LogP contribution in [0.1, 0.15) is 16.6 Å². The summed E-state index contributed by atoms with van der Waals surface area (Å²) in [6.45, 7) is -0.419. The van der Waals surface area contributed by atoms with Crippen LogP contribution >= 0.6 is 15.9 Å². The van der Waals surface area contributed by atoms with Gasteiger partial charge in [0.15, 0.2) is 24.2 Å². The number of benzene rings is 1. The van der Waals surface area contributed by atoms with Crippen molar-refractivity contribution in [3.63, 3.8) is 0 Å². The molecule has 3 rings (SSSR count). The quantitative estimate of drug-likeness (QED) is 0.781. The summed E-state index contributed by atoms with van der Waals surface area (Å²) in [7, 11) is 0. The van der Waals surface area contributed by atoms with Crippen molar-refractivity contribution in [3.05, 3.63) is 56.8 Å². The number of anilines is 1. The lowest BCUT2D eigenvalue weighted by Gasteiger charge is -2.13. The van der Waals surface area contributed by atoms with E-state index >= 15 is 0 Å². The number of aliphatic hydroxyl groups excluding tert-OH is 1.